The Labute approximate surface area is 200 Å². The molecule has 0 saturated carbocycles. The molecule has 1 aliphatic rings. The van der Waals surface area contributed by atoms with Crippen molar-refractivity contribution in [3.05, 3.63) is 89.9 Å². The fourth-order valence-electron chi connectivity index (χ4n) is 4.54. The number of amides is 1. The summed E-state index contributed by atoms with van der Waals surface area (Å²) >= 11 is 1.59. The summed E-state index contributed by atoms with van der Waals surface area (Å²) in [5.41, 5.74) is 5.59. The molecule has 7 heteroatoms. The SMILES string of the molecule is Cc1ccc(-c2cn3c(n2)sc2cc(C(=O)N4CCN(c5ccccc5F)CC4)ccc23)cc1. The maximum atomic E-state index is 14.1. The first-order valence-corrected chi connectivity index (χ1v) is 12.2. The van der Waals surface area contributed by atoms with Gasteiger partial charge in [-0.05, 0) is 37.3 Å². The van der Waals surface area contributed by atoms with E-state index in [4.69, 9.17) is 4.98 Å². The lowest BCUT2D eigenvalue weighted by Gasteiger charge is -2.36. The van der Waals surface area contributed by atoms with E-state index in [9.17, 15) is 9.18 Å². The number of aryl methyl sites for hydroxylation is 1. The molecule has 1 aliphatic heterocycles. The lowest BCUT2D eigenvalue weighted by Crippen LogP contribution is -2.49. The van der Waals surface area contributed by atoms with Crippen LogP contribution in [0.1, 0.15) is 15.9 Å². The first kappa shape index (κ1) is 20.9. The molecule has 0 aliphatic carbocycles. The summed E-state index contributed by atoms with van der Waals surface area (Å²) in [6.45, 7) is 4.44. The third kappa shape index (κ3) is 3.62. The Kier molecular flexibility index (Phi) is 5.07. The first-order chi connectivity index (χ1) is 16.6. The van der Waals surface area contributed by atoms with Gasteiger partial charge in [0.1, 0.15) is 5.82 Å². The van der Waals surface area contributed by atoms with Crippen molar-refractivity contribution in [1.29, 1.82) is 0 Å². The molecule has 3 heterocycles. The first-order valence-electron chi connectivity index (χ1n) is 11.3. The van der Waals surface area contributed by atoms with Gasteiger partial charge in [-0.1, -0.05) is 53.3 Å². The van der Waals surface area contributed by atoms with Gasteiger partial charge in [0, 0.05) is 43.5 Å². The van der Waals surface area contributed by atoms with Gasteiger partial charge in [0.2, 0.25) is 0 Å². The number of halogens is 1. The van der Waals surface area contributed by atoms with Crippen molar-refractivity contribution in [1.82, 2.24) is 14.3 Å². The quantitative estimate of drug-likeness (QED) is 0.343. The molecule has 1 fully saturated rings. The Hall–Kier alpha value is -3.71. The van der Waals surface area contributed by atoms with Crippen molar-refractivity contribution in [2.75, 3.05) is 31.1 Å². The molecule has 1 saturated heterocycles. The van der Waals surface area contributed by atoms with Crippen molar-refractivity contribution in [2.45, 2.75) is 6.92 Å². The average Bonchev–Trinajstić information content (AvgIpc) is 3.42. The fourth-order valence-corrected chi connectivity index (χ4v) is 5.59. The molecule has 2 aromatic heterocycles. The molecule has 34 heavy (non-hydrogen) atoms. The van der Waals surface area contributed by atoms with Crippen LogP contribution < -0.4 is 4.90 Å². The van der Waals surface area contributed by atoms with Crippen molar-refractivity contribution in [2.24, 2.45) is 0 Å². The highest BCUT2D eigenvalue weighted by atomic mass is 32.1. The second-order valence-electron chi connectivity index (χ2n) is 8.66. The van der Waals surface area contributed by atoms with Gasteiger partial charge in [-0.25, -0.2) is 9.37 Å². The highest BCUT2D eigenvalue weighted by molar-refractivity contribution is 7.23. The topological polar surface area (TPSA) is 40.9 Å². The van der Waals surface area contributed by atoms with Crippen LogP contribution in [0.5, 0.6) is 0 Å². The second-order valence-corrected chi connectivity index (χ2v) is 9.67. The van der Waals surface area contributed by atoms with Crippen molar-refractivity contribution < 1.29 is 9.18 Å². The van der Waals surface area contributed by atoms with Crippen molar-refractivity contribution in [3.63, 3.8) is 0 Å². The van der Waals surface area contributed by atoms with E-state index in [1.807, 2.05) is 34.1 Å². The number of piperazine rings is 1. The Morgan fingerprint density at radius 3 is 2.50 bits per heavy atom. The average molecular weight is 471 g/mol. The van der Waals surface area contributed by atoms with Crippen LogP contribution in [0.25, 0.3) is 26.4 Å². The predicted molar refractivity (Wildman–Crippen MR) is 135 cm³/mol. The zero-order chi connectivity index (χ0) is 23.2. The molecule has 1 amide bonds. The minimum atomic E-state index is -0.221. The van der Waals surface area contributed by atoms with Gasteiger partial charge in [-0.2, -0.15) is 0 Å². The van der Waals surface area contributed by atoms with Gasteiger partial charge in [-0.15, -0.1) is 0 Å². The molecule has 0 bridgehead atoms. The van der Waals surface area contributed by atoms with Crippen LogP contribution in [-0.4, -0.2) is 46.4 Å². The van der Waals surface area contributed by atoms with Crippen LogP contribution in [0.4, 0.5) is 10.1 Å². The number of hydrogen-bond donors (Lipinski definition) is 0. The summed E-state index contributed by atoms with van der Waals surface area (Å²) in [5.74, 6) is -0.206. The lowest BCUT2D eigenvalue weighted by molar-refractivity contribution is 0.0747. The summed E-state index contributed by atoms with van der Waals surface area (Å²) < 4.78 is 17.2. The maximum absolute atomic E-state index is 14.1. The Morgan fingerprint density at radius 1 is 0.971 bits per heavy atom. The number of aromatic nitrogens is 2. The fraction of sp³-hybridized carbons (Fsp3) is 0.185. The molecule has 6 rings (SSSR count). The van der Waals surface area contributed by atoms with Crippen molar-refractivity contribution in [3.8, 4) is 11.3 Å². The number of thiazole rings is 1. The normalized spacial score (nSPS) is 14.3. The zero-order valence-corrected chi connectivity index (χ0v) is 19.6. The molecular weight excluding hydrogens is 447 g/mol. The molecule has 5 nitrogen and oxygen atoms in total. The van der Waals surface area contributed by atoms with Gasteiger partial charge in [-0.3, -0.25) is 9.20 Å². The summed E-state index contributed by atoms with van der Waals surface area (Å²) in [6, 6.07) is 21.0. The molecule has 0 N–H and O–H groups in total. The largest absolute Gasteiger partial charge is 0.366 e. The monoisotopic (exact) mass is 470 g/mol. The Balaban J connectivity index is 1.21. The molecule has 0 spiro atoms. The van der Waals surface area contributed by atoms with E-state index in [-0.39, 0.29) is 11.7 Å². The van der Waals surface area contributed by atoms with E-state index in [0.717, 1.165) is 26.4 Å². The van der Waals surface area contributed by atoms with E-state index in [1.54, 1.807) is 23.5 Å². The summed E-state index contributed by atoms with van der Waals surface area (Å²) in [7, 11) is 0. The number of para-hydroxylation sites is 1. The minimum absolute atomic E-state index is 0.0152. The van der Waals surface area contributed by atoms with Gasteiger partial charge in [0.05, 0.1) is 21.6 Å². The highest BCUT2D eigenvalue weighted by Gasteiger charge is 2.24. The van der Waals surface area contributed by atoms with E-state index in [2.05, 4.69) is 41.8 Å². The smallest absolute Gasteiger partial charge is 0.254 e. The van der Waals surface area contributed by atoms with E-state index < -0.39 is 0 Å². The van der Waals surface area contributed by atoms with Crippen LogP contribution in [0.2, 0.25) is 0 Å². The standard InChI is InChI=1S/C27H23FN4OS/c1-18-6-8-19(9-7-18)22-17-32-24-11-10-20(16-25(24)34-27(32)29-22)26(33)31-14-12-30(13-15-31)23-5-3-2-4-21(23)28/h2-11,16-17H,12-15H2,1H3. The maximum Gasteiger partial charge on any atom is 0.254 e. The van der Waals surface area contributed by atoms with Gasteiger partial charge in [0.25, 0.3) is 5.91 Å². The molecule has 0 atom stereocenters. The molecule has 3 aromatic carbocycles. The number of imidazole rings is 1. The number of nitrogens with zero attached hydrogens (tertiary/aromatic N) is 4. The van der Waals surface area contributed by atoms with Crippen LogP contribution >= 0.6 is 11.3 Å². The summed E-state index contributed by atoms with van der Waals surface area (Å²) in [4.78, 5) is 22.8. The predicted octanol–water partition coefficient (Wildman–Crippen LogP) is 5.63. The van der Waals surface area contributed by atoms with E-state index in [0.29, 0.717) is 37.4 Å². The molecular formula is C27H23FN4OS. The molecule has 0 radical (unpaired) electrons. The summed E-state index contributed by atoms with van der Waals surface area (Å²) in [6.07, 6.45) is 2.06. The van der Waals surface area contributed by atoms with Crippen LogP contribution in [0.15, 0.2) is 72.9 Å². The van der Waals surface area contributed by atoms with Crippen molar-refractivity contribution >= 4 is 38.1 Å². The van der Waals surface area contributed by atoms with Gasteiger partial charge in [0.15, 0.2) is 4.96 Å². The number of fused-ring (bicyclic) bond motifs is 3. The van der Waals surface area contributed by atoms with Gasteiger partial charge < -0.3 is 9.80 Å². The highest BCUT2D eigenvalue weighted by Crippen LogP contribution is 2.31. The Bertz CT molecular complexity index is 1510. The number of hydrogen-bond acceptors (Lipinski definition) is 4. The second kappa shape index (κ2) is 8.25. The van der Waals surface area contributed by atoms with Gasteiger partial charge >= 0.3 is 0 Å². The van der Waals surface area contributed by atoms with Crippen LogP contribution in [0, 0.1) is 12.7 Å². The van der Waals surface area contributed by atoms with E-state index in [1.165, 1.54) is 11.6 Å². The number of carbonyl (C=O) groups excluding carboxylic acids is 1. The third-order valence-corrected chi connectivity index (χ3v) is 7.47. The Morgan fingerprint density at radius 2 is 1.74 bits per heavy atom. The molecule has 5 aromatic rings. The molecule has 0 unspecified atom stereocenters. The van der Waals surface area contributed by atoms with E-state index >= 15 is 0 Å². The summed E-state index contributed by atoms with van der Waals surface area (Å²) in [5, 5.41) is 0. The third-order valence-electron chi connectivity index (χ3n) is 6.45. The molecule has 170 valence electrons. The number of rotatable bonds is 3. The number of benzene rings is 3. The van der Waals surface area contributed by atoms with Crippen LogP contribution in [0.3, 0.4) is 0 Å². The van der Waals surface area contributed by atoms with Crippen LogP contribution in [-0.2, 0) is 0 Å². The lowest BCUT2D eigenvalue weighted by atomic mass is 10.1. The minimum Gasteiger partial charge on any atom is -0.366 e. The number of carbonyl (C=O) groups is 1. The number of anilines is 1. The zero-order valence-electron chi connectivity index (χ0n) is 18.7.